The number of pyridine rings is 3. The summed E-state index contributed by atoms with van der Waals surface area (Å²) in [7, 11) is 0. The van der Waals surface area contributed by atoms with Gasteiger partial charge in [-0.2, -0.15) is 0 Å². The maximum absolute atomic E-state index is 14.0. The van der Waals surface area contributed by atoms with E-state index in [1.54, 1.807) is 6.07 Å². The van der Waals surface area contributed by atoms with Crippen LogP contribution in [0.15, 0.2) is 47.9 Å². The van der Waals surface area contributed by atoms with Crippen LogP contribution < -0.4 is 5.56 Å². The number of nitrogens with zero attached hydrogens (tertiary/aromatic N) is 4. The first-order valence-corrected chi connectivity index (χ1v) is 9.40. The van der Waals surface area contributed by atoms with Crippen molar-refractivity contribution in [2.24, 2.45) is 0 Å². The quantitative estimate of drug-likeness (QED) is 0.410. The second-order valence-electron chi connectivity index (χ2n) is 7.08. The number of halogens is 3. The highest BCUT2D eigenvalue weighted by molar-refractivity contribution is 6.16. The third kappa shape index (κ3) is 3.14. The van der Waals surface area contributed by atoms with Gasteiger partial charge in [-0.1, -0.05) is 0 Å². The number of imidazole rings is 1. The van der Waals surface area contributed by atoms with Crippen molar-refractivity contribution in [3.8, 4) is 0 Å². The molecule has 8 nitrogen and oxygen atoms in total. The maximum Gasteiger partial charge on any atom is 0.275 e. The van der Waals surface area contributed by atoms with Gasteiger partial charge in [-0.15, -0.1) is 0 Å². The number of aromatic nitrogens is 6. The minimum atomic E-state index is -1.09. The zero-order valence-electron chi connectivity index (χ0n) is 16.2. The molecule has 5 heterocycles. The molecule has 0 fully saturated rings. The van der Waals surface area contributed by atoms with E-state index in [0.717, 1.165) is 12.4 Å². The second kappa shape index (κ2) is 7.45. The van der Waals surface area contributed by atoms with Crippen LogP contribution in [-0.4, -0.2) is 35.3 Å². The fourth-order valence-electron chi connectivity index (χ4n) is 3.54. The van der Waals surface area contributed by atoms with Crippen molar-refractivity contribution in [3.05, 3.63) is 87.6 Å². The van der Waals surface area contributed by atoms with E-state index in [1.165, 1.54) is 29.2 Å². The first kappa shape index (κ1) is 19.7. The maximum atomic E-state index is 14.0. The fourth-order valence-corrected chi connectivity index (χ4v) is 3.54. The van der Waals surface area contributed by atoms with Gasteiger partial charge in [0.05, 0.1) is 30.0 Å². The topological polar surface area (TPSA) is 109 Å². The van der Waals surface area contributed by atoms with Gasteiger partial charge in [0.1, 0.15) is 18.0 Å². The molecule has 5 aromatic rings. The Morgan fingerprint density at radius 3 is 2.69 bits per heavy atom. The summed E-state index contributed by atoms with van der Waals surface area (Å²) in [6.45, 7) is -0.597. The van der Waals surface area contributed by atoms with Gasteiger partial charge in [-0.25, -0.2) is 23.1 Å². The van der Waals surface area contributed by atoms with Gasteiger partial charge in [0, 0.05) is 35.1 Å². The number of ketones is 1. The Balaban J connectivity index is 1.52. The summed E-state index contributed by atoms with van der Waals surface area (Å²) in [6.07, 6.45) is 5.56. The van der Waals surface area contributed by atoms with Gasteiger partial charge >= 0.3 is 0 Å². The van der Waals surface area contributed by atoms with Crippen LogP contribution in [0.25, 0.3) is 22.1 Å². The zero-order chi connectivity index (χ0) is 22.4. The average Bonchev–Trinajstić information content (AvgIpc) is 3.39. The lowest BCUT2D eigenvalue weighted by Gasteiger charge is -2.05. The van der Waals surface area contributed by atoms with Crippen molar-refractivity contribution in [1.29, 1.82) is 0 Å². The lowest BCUT2D eigenvalue weighted by atomic mass is 10.0. The van der Waals surface area contributed by atoms with Crippen molar-refractivity contribution in [1.82, 2.24) is 29.5 Å². The van der Waals surface area contributed by atoms with Crippen molar-refractivity contribution in [3.63, 3.8) is 0 Å². The molecule has 5 aromatic heterocycles. The van der Waals surface area contributed by atoms with Crippen molar-refractivity contribution in [2.75, 3.05) is 0 Å². The standard InChI is InChI=1S/C21H13F3N6O2/c22-4-10-3-15-20(27-5-10)29-16(28-15)9-30-2-1-11-12(6-26-18(11)21(30)32)19(31)17-13(23)7-25-8-14(17)24/h1-3,5-8,26H,4,9H2,(H,27,28,29). The Bertz CT molecular complexity index is 1550. The minimum absolute atomic E-state index is 0.0417. The predicted octanol–water partition coefficient (Wildman–Crippen LogP) is 3.02. The lowest BCUT2D eigenvalue weighted by Crippen LogP contribution is -2.20. The molecule has 0 atom stereocenters. The first-order chi connectivity index (χ1) is 15.5. The number of hydrogen-bond donors (Lipinski definition) is 2. The summed E-state index contributed by atoms with van der Waals surface area (Å²) in [6, 6.07) is 3.09. The van der Waals surface area contributed by atoms with E-state index in [9.17, 15) is 22.8 Å². The largest absolute Gasteiger partial charge is 0.356 e. The lowest BCUT2D eigenvalue weighted by molar-refractivity contribution is 0.103. The van der Waals surface area contributed by atoms with E-state index in [1.807, 2.05) is 0 Å². The monoisotopic (exact) mass is 438 g/mol. The van der Waals surface area contributed by atoms with E-state index >= 15 is 0 Å². The highest BCUT2D eigenvalue weighted by atomic mass is 19.1. The van der Waals surface area contributed by atoms with Crippen LogP contribution in [0.1, 0.15) is 27.3 Å². The number of alkyl halides is 1. The number of H-pyrrole nitrogens is 2. The van der Waals surface area contributed by atoms with Gasteiger partial charge in [-0.3, -0.25) is 14.6 Å². The normalized spacial score (nSPS) is 11.5. The molecule has 0 saturated heterocycles. The highest BCUT2D eigenvalue weighted by Gasteiger charge is 2.23. The van der Waals surface area contributed by atoms with E-state index in [2.05, 4.69) is 24.9 Å². The Kier molecular flexibility index (Phi) is 4.58. The number of hydrogen-bond acceptors (Lipinski definition) is 5. The molecule has 0 aliphatic rings. The van der Waals surface area contributed by atoms with Gasteiger partial charge in [0.25, 0.3) is 5.56 Å². The van der Waals surface area contributed by atoms with Gasteiger partial charge < -0.3 is 14.5 Å². The molecular weight excluding hydrogens is 425 g/mol. The van der Waals surface area contributed by atoms with Crippen LogP contribution >= 0.6 is 0 Å². The number of carbonyl (C=O) groups is 1. The Labute approximate surface area is 176 Å². The first-order valence-electron chi connectivity index (χ1n) is 9.40. The molecule has 32 heavy (non-hydrogen) atoms. The molecule has 0 amide bonds. The molecule has 5 rings (SSSR count). The molecule has 0 saturated carbocycles. The van der Waals surface area contributed by atoms with Crippen molar-refractivity contribution >= 4 is 27.9 Å². The molecule has 0 radical (unpaired) electrons. The third-order valence-corrected chi connectivity index (χ3v) is 5.06. The van der Waals surface area contributed by atoms with E-state index in [-0.39, 0.29) is 23.0 Å². The molecule has 0 spiro atoms. The van der Waals surface area contributed by atoms with Crippen LogP contribution in [0.5, 0.6) is 0 Å². The average molecular weight is 438 g/mol. The zero-order valence-corrected chi connectivity index (χ0v) is 16.2. The molecular formula is C21H13F3N6O2. The molecule has 0 aliphatic carbocycles. The second-order valence-corrected chi connectivity index (χ2v) is 7.08. The minimum Gasteiger partial charge on any atom is -0.356 e. The fraction of sp³-hybridized carbons (Fsp3) is 0.0952. The molecule has 11 heteroatoms. The summed E-state index contributed by atoms with van der Waals surface area (Å²) in [5.41, 5.74) is 0.179. The molecule has 0 aromatic carbocycles. The number of carbonyl (C=O) groups excluding carboxylic acids is 1. The summed E-state index contributed by atoms with van der Waals surface area (Å²) in [5.74, 6) is -2.66. The van der Waals surface area contributed by atoms with Crippen LogP contribution in [0, 0.1) is 11.6 Å². The molecule has 160 valence electrons. The summed E-state index contributed by atoms with van der Waals surface area (Å²) >= 11 is 0. The van der Waals surface area contributed by atoms with Crippen LogP contribution in [0.3, 0.4) is 0 Å². The third-order valence-electron chi connectivity index (χ3n) is 5.06. The van der Waals surface area contributed by atoms with Crippen molar-refractivity contribution < 1.29 is 18.0 Å². The SMILES string of the molecule is O=C(c1c(F)cncc1F)c1c[nH]c2c(=O)n(Cc3nc4ncc(CF)cc4[nH]3)ccc12. The van der Waals surface area contributed by atoms with Crippen LogP contribution in [-0.2, 0) is 13.2 Å². The Morgan fingerprint density at radius 1 is 1.16 bits per heavy atom. The number of aromatic amines is 2. The van der Waals surface area contributed by atoms with E-state index in [0.29, 0.717) is 22.6 Å². The smallest absolute Gasteiger partial charge is 0.275 e. The van der Waals surface area contributed by atoms with Crippen molar-refractivity contribution in [2.45, 2.75) is 13.2 Å². The molecule has 2 N–H and O–H groups in total. The predicted molar refractivity (Wildman–Crippen MR) is 108 cm³/mol. The highest BCUT2D eigenvalue weighted by Crippen LogP contribution is 2.22. The summed E-state index contributed by atoms with van der Waals surface area (Å²) < 4.78 is 42.1. The number of fused-ring (bicyclic) bond motifs is 2. The summed E-state index contributed by atoms with van der Waals surface area (Å²) in [4.78, 5) is 43.1. The van der Waals surface area contributed by atoms with E-state index < -0.39 is 35.2 Å². The molecule has 0 unspecified atom stereocenters. The Hall–Kier alpha value is -4.28. The summed E-state index contributed by atoms with van der Waals surface area (Å²) in [5, 5.41) is 0.228. The molecule has 0 bridgehead atoms. The molecule has 0 aliphatic heterocycles. The van der Waals surface area contributed by atoms with Gasteiger partial charge in [0.2, 0.25) is 5.78 Å². The van der Waals surface area contributed by atoms with E-state index in [4.69, 9.17) is 0 Å². The van der Waals surface area contributed by atoms with Gasteiger partial charge in [0.15, 0.2) is 17.3 Å². The van der Waals surface area contributed by atoms with Crippen LogP contribution in [0.4, 0.5) is 13.2 Å². The van der Waals surface area contributed by atoms with Gasteiger partial charge in [-0.05, 0) is 12.1 Å². The Morgan fingerprint density at radius 2 is 1.94 bits per heavy atom. The number of nitrogens with one attached hydrogen (secondary N) is 2. The number of rotatable bonds is 5. The van der Waals surface area contributed by atoms with Crippen LogP contribution in [0.2, 0.25) is 0 Å².